The van der Waals surface area contributed by atoms with Crippen molar-refractivity contribution >= 4 is 62.2 Å². The van der Waals surface area contributed by atoms with E-state index in [9.17, 15) is 41.1 Å². The van der Waals surface area contributed by atoms with Crippen molar-refractivity contribution in [2.75, 3.05) is 32.3 Å². The third kappa shape index (κ3) is 18.7. The Hall–Kier alpha value is -4.01. The maximum Gasteiger partial charge on any atom is 0.397 e. The number of nitrogens with zero attached hydrogens (tertiary/aromatic N) is 6. The predicted octanol–water partition coefficient (Wildman–Crippen LogP) is -2.60. The van der Waals surface area contributed by atoms with Gasteiger partial charge in [-0.1, -0.05) is 17.4 Å². The molecule has 0 aliphatic heterocycles. The molecule has 0 unspecified atom stereocenters. The van der Waals surface area contributed by atoms with E-state index in [1.807, 2.05) is 0 Å². The summed E-state index contributed by atoms with van der Waals surface area (Å²) in [6.07, 6.45) is 3.99. The number of ketones is 2. The van der Waals surface area contributed by atoms with Crippen molar-refractivity contribution in [2.24, 2.45) is 11.8 Å². The van der Waals surface area contributed by atoms with Gasteiger partial charge in [0.1, 0.15) is 0 Å². The summed E-state index contributed by atoms with van der Waals surface area (Å²) < 4.78 is 71.2. The highest BCUT2D eigenvalue weighted by Gasteiger charge is 2.31. The van der Waals surface area contributed by atoms with Gasteiger partial charge in [0.25, 0.3) is 0 Å². The minimum Gasteiger partial charge on any atom is -0.481 e. The van der Waals surface area contributed by atoms with Crippen LogP contribution in [0.25, 0.3) is 0 Å². The lowest BCUT2D eigenvalue weighted by Crippen LogP contribution is -2.46. The molecule has 0 spiro atoms. The number of carboxylic acid groups (broad SMARTS) is 1. The van der Waals surface area contributed by atoms with Gasteiger partial charge in [0.2, 0.25) is 5.91 Å². The number of hydrogen-bond acceptors (Lipinski definition) is 18. The van der Waals surface area contributed by atoms with Crippen LogP contribution >= 0.6 is 11.8 Å². The van der Waals surface area contributed by atoms with Crippen LogP contribution in [-0.2, 0) is 83.9 Å². The van der Waals surface area contributed by atoms with Crippen LogP contribution in [0.4, 0.5) is 0 Å². The summed E-state index contributed by atoms with van der Waals surface area (Å²) >= 11 is 1.24. The molecule has 0 aliphatic carbocycles. The molecule has 0 fully saturated rings. The SMILES string of the molecule is CN[C@@H](Cc1cn(CCOS(=O)(=O)O)nn1)C(=O)C[C@@H](C)C(=O)N[C@@H](Cc1cn(CCOS(=O)(=O)O)nn1)C(=O)C[C@@H](CSC)C(=O)O.O=C=O. The molecule has 23 nitrogen and oxygen atoms in total. The number of rotatable bonds is 24. The molecule has 51 heavy (non-hydrogen) atoms. The highest BCUT2D eigenvalue weighted by atomic mass is 32.3. The second-order valence-electron chi connectivity index (χ2n) is 10.6. The molecule has 0 bridgehead atoms. The van der Waals surface area contributed by atoms with Crippen molar-refractivity contribution in [3.05, 3.63) is 23.8 Å². The number of aliphatic carboxylic acids is 1. The van der Waals surface area contributed by atoms with E-state index in [0.717, 1.165) is 0 Å². The van der Waals surface area contributed by atoms with Crippen LogP contribution in [0.1, 0.15) is 31.2 Å². The van der Waals surface area contributed by atoms with Crippen molar-refractivity contribution in [3.8, 4) is 0 Å². The standard InChI is InChI=1S/C24H38N8O13S3.CO2/c1-15(8-21(33)19(25-2)10-17-12-31(29-27-17)4-6-44-47(38,39)40)23(35)26-20(22(34)9-16(14-46-3)24(36)37)11-18-13-32(30-28-18)5-7-45-48(41,42)43;2-1-3/h12-13,15-16,19-20,25H,4-11,14H2,1-3H3,(H,26,35)(H,36,37)(H,38,39,40)(H,41,42,43);/t15-,16+,19+,20+;/m1./s1. The van der Waals surface area contributed by atoms with E-state index in [4.69, 9.17) is 18.7 Å². The molecule has 2 heterocycles. The van der Waals surface area contributed by atoms with Crippen LogP contribution in [0.15, 0.2) is 12.4 Å². The smallest absolute Gasteiger partial charge is 0.397 e. The quantitative estimate of drug-likeness (QED) is 0.0681. The van der Waals surface area contributed by atoms with Crippen LogP contribution in [0, 0.1) is 11.8 Å². The van der Waals surface area contributed by atoms with Crippen LogP contribution < -0.4 is 10.6 Å². The van der Waals surface area contributed by atoms with Gasteiger partial charge >= 0.3 is 32.9 Å². The Labute approximate surface area is 296 Å². The summed E-state index contributed by atoms with van der Waals surface area (Å²) in [4.78, 5) is 67.6. The third-order valence-corrected chi connectivity index (χ3v) is 8.33. The molecule has 5 N–H and O–H groups in total. The zero-order valence-corrected chi connectivity index (χ0v) is 29.9. The maximum atomic E-state index is 13.3. The number of carboxylic acids is 1. The fourth-order valence-corrected chi connectivity index (χ4v) is 5.48. The number of Topliss-reactive ketones (excluding diaryl/α,β-unsaturated/α-hetero) is 2. The number of hydrogen-bond donors (Lipinski definition) is 5. The second-order valence-corrected chi connectivity index (χ2v) is 13.7. The number of nitrogens with one attached hydrogen (secondary N) is 2. The number of thioether (sulfide) groups is 1. The van der Waals surface area contributed by atoms with E-state index in [-0.39, 0.29) is 55.7 Å². The zero-order valence-electron chi connectivity index (χ0n) is 27.5. The van der Waals surface area contributed by atoms with E-state index in [0.29, 0.717) is 5.69 Å². The van der Waals surface area contributed by atoms with Crippen molar-refractivity contribution in [2.45, 2.75) is 57.8 Å². The zero-order chi connectivity index (χ0) is 38.8. The molecule has 4 atom stereocenters. The Morgan fingerprint density at radius 2 is 1.33 bits per heavy atom. The molecular weight excluding hydrogens is 749 g/mol. The average Bonchev–Trinajstić information content (AvgIpc) is 3.67. The summed E-state index contributed by atoms with van der Waals surface area (Å²) in [5.74, 6) is -4.61. The van der Waals surface area contributed by atoms with Crippen LogP contribution in [0.2, 0.25) is 0 Å². The van der Waals surface area contributed by atoms with E-state index >= 15 is 0 Å². The lowest BCUT2D eigenvalue weighted by atomic mass is 9.94. The fourth-order valence-electron chi connectivity index (χ4n) is 4.25. The number of amides is 1. The molecular formula is C25H38N8O15S3. The van der Waals surface area contributed by atoms with E-state index in [2.05, 4.69) is 39.6 Å². The predicted molar refractivity (Wildman–Crippen MR) is 170 cm³/mol. The summed E-state index contributed by atoms with van der Waals surface area (Å²) in [6, 6.07) is -2.03. The topological polar surface area (TPSA) is 335 Å². The van der Waals surface area contributed by atoms with Gasteiger partial charge < -0.3 is 15.7 Å². The first-order valence-corrected chi connectivity index (χ1v) is 18.7. The summed E-state index contributed by atoms with van der Waals surface area (Å²) in [5, 5.41) is 30.4. The molecule has 0 radical (unpaired) electrons. The molecule has 0 saturated carbocycles. The Kier molecular flexibility index (Phi) is 19.5. The number of aromatic nitrogens is 6. The fraction of sp³-hybridized carbons (Fsp3) is 0.640. The number of carbonyl (C=O) groups is 4. The van der Waals surface area contributed by atoms with E-state index < -0.39 is 82.0 Å². The molecule has 2 rings (SSSR count). The first-order valence-electron chi connectivity index (χ1n) is 14.6. The maximum absolute atomic E-state index is 13.3. The van der Waals surface area contributed by atoms with Gasteiger partial charge in [-0.15, -0.1) is 10.2 Å². The van der Waals surface area contributed by atoms with Gasteiger partial charge in [0, 0.05) is 49.7 Å². The molecule has 0 aromatic carbocycles. The Balaban J connectivity index is 0.00000418. The monoisotopic (exact) mass is 786 g/mol. The molecule has 0 saturated heterocycles. The van der Waals surface area contributed by atoms with E-state index in [1.54, 1.807) is 6.26 Å². The van der Waals surface area contributed by atoms with Gasteiger partial charge in [0.15, 0.2) is 11.6 Å². The molecule has 286 valence electrons. The Bertz CT molecular complexity index is 1710. The van der Waals surface area contributed by atoms with Crippen LogP contribution in [-0.4, -0.2) is 135 Å². The van der Waals surface area contributed by atoms with Gasteiger partial charge in [-0.25, -0.2) is 17.7 Å². The van der Waals surface area contributed by atoms with Crippen LogP contribution in [0.3, 0.4) is 0 Å². The molecule has 0 aliphatic rings. The van der Waals surface area contributed by atoms with Crippen molar-refractivity contribution in [3.63, 3.8) is 0 Å². The minimum absolute atomic E-state index is 0.0503. The largest absolute Gasteiger partial charge is 0.481 e. The minimum atomic E-state index is -4.67. The average molecular weight is 787 g/mol. The highest BCUT2D eigenvalue weighted by molar-refractivity contribution is 7.98. The highest BCUT2D eigenvalue weighted by Crippen LogP contribution is 2.15. The normalized spacial score (nSPS) is 13.9. The first kappa shape index (κ1) is 45.0. The first-order chi connectivity index (χ1) is 23.8. The van der Waals surface area contributed by atoms with Gasteiger partial charge in [-0.3, -0.25) is 28.3 Å². The molecule has 1 amide bonds. The Morgan fingerprint density at radius 1 is 0.882 bits per heavy atom. The van der Waals surface area contributed by atoms with Crippen LogP contribution in [0.5, 0.6) is 0 Å². The second kappa shape index (κ2) is 22.0. The number of likely N-dealkylation sites (N-methyl/N-ethyl adjacent to an activating group) is 1. The van der Waals surface area contributed by atoms with Crippen molar-refractivity contribution < 1.29 is 68.2 Å². The van der Waals surface area contributed by atoms with Gasteiger partial charge in [-0.2, -0.15) is 38.2 Å². The molecule has 26 heteroatoms. The van der Waals surface area contributed by atoms with Gasteiger partial charge in [-0.05, 0) is 13.3 Å². The number of carbonyl (C=O) groups excluding carboxylic acids is 5. The lowest BCUT2D eigenvalue weighted by molar-refractivity contribution is -0.191. The summed E-state index contributed by atoms with van der Waals surface area (Å²) in [7, 11) is -7.75. The Morgan fingerprint density at radius 3 is 1.75 bits per heavy atom. The summed E-state index contributed by atoms with van der Waals surface area (Å²) in [6.45, 7) is 0.443. The summed E-state index contributed by atoms with van der Waals surface area (Å²) in [5.41, 5.74) is 0.571. The molecule has 2 aromatic heterocycles. The van der Waals surface area contributed by atoms with E-state index in [1.165, 1.54) is 47.5 Å². The van der Waals surface area contributed by atoms with Crippen molar-refractivity contribution in [1.82, 2.24) is 40.6 Å². The third-order valence-electron chi connectivity index (χ3n) is 6.67. The van der Waals surface area contributed by atoms with Gasteiger partial charge in [0.05, 0.1) is 55.7 Å². The molecule has 2 aromatic rings. The van der Waals surface area contributed by atoms with Crippen molar-refractivity contribution in [1.29, 1.82) is 0 Å². The lowest BCUT2D eigenvalue weighted by Gasteiger charge is -2.22.